The summed E-state index contributed by atoms with van der Waals surface area (Å²) in [5, 5.41) is 12.8. The van der Waals surface area contributed by atoms with E-state index in [-0.39, 0.29) is 24.2 Å². The molecule has 0 aliphatic heterocycles. The number of carbonyl (C=O) groups excluding carboxylic acids is 1. The normalized spacial score (nSPS) is 15.1. The molecular weight excluding hydrogens is 244 g/mol. The maximum atomic E-state index is 12.0. The minimum absolute atomic E-state index is 0.0638. The highest BCUT2D eigenvalue weighted by molar-refractivity contribution is 5.81. The quantitative estimate of drug-likeness (QED) is 0.693. The van der Waals surface area contributed by atoms with Gasteiger partial charge in [-0.05, 0) is 41.5 Å². The summed E-state index contributed by atoms with van der Waals surface area (Å²) in [5.41, 5.74) is -0.260. The van der Waals surface area contributed by atoms with Crippen molar-refractivity contribution >= 4 is 5.91 Å². The van der Waals surface area contributed by atoms with Crippen LogP contribution in [-0.2, 0) is 9.53 Å². The SMILES string of the molecule is CCN(CC)C(=O)C(C)NCC(O)COC(C)(C)C. The Morgan fingerprint density at radius 3 is 2.26 bits per heavy atom. The van der Waals surface area contributed by atoms with Gasteiger partial charge in [-0.2, -0.15) is 0 Å². The lowest BCUT2D eigenvalue weighted by Gasteiger charge is -2.25. The number of nitrogens with one attached hydrogen (secondary N) is 1. The summed E-state index contributed by atoms with van der Waals surface area (Å²) in [4.78, 5) is 13.8. The van der Waals surface area contributed by atoms with E-state index in [2.05, 4.69) is 5.32 Å². The maximum absolute atomic E-state index is 12.0. The number of carbonyl (C=O) groups is 1. The molecule has 0 fully saturated rings. The van der Waals surface area contributed by atoms with Crippen LogP contribution < -0.4 is 5.32 Å². The second-order valence-corrected chi connectivity index (χ2v) is 5.72. The molecule has 0 aromatic rings. The molecule has 1 amide bonds. The second-order valence-electron chi connectivity index (χ2n) is 5.72. The zero-order chi connectivity index (χ0) is 15.1. The Balaban J connectivity index is 4.01. The Morgan fingerprint density at radius 1 is 1.32 bits per heavy atom. The predicted molar refractivity (Wildman–Crippen MR) is 77.1 cm³/mol. The largest absolute Gasteiger partial charge is 0.389 e. The molecule has 0 saturated carbocycles. The average molecular weight is 274 g/mol. The lowest BCUT2D eigenvalue weighted by molar-refractivity contribution is -0.132. The molecule has 0 heterocycles. The first-order valence-electron chi connectivity index (χ1n) is 7.05. The van der Waals surface area contributed by atoms with E-state index in [1.807, 2.05) is 41.5 Å². The molecule has 0 saturated heterocycles. The van der Waals surface area contributed by atoms with Gasteiger partial charge in [-0.1, -0.05) is 0 Å². The van der Waals surface area contributed by atoms with Gasteiger partial charge in [-0.15, -0.1) is 0 Å². The van der Waals surface area contributed by atoms with Gasteiger partial charge < -0.3 is 20.1 Å². The molecule has 5 nitrogen and oxygen atoms in total. The van der Waals surface area contributed by atoms with Gasteiger partial charge in [-0.3, -0.25) is 4.79 Å². The van der Waals surface area contributed by atoms with Crippen LogP contribution in [0.4, 0.5) is 0 Å². The Bertz CT molecular complexity index is 260. The Hall–Kier alpha value is -0.650. The molecule has 0 aliphatic carbocycles. The summed E-state index contributed by atoms with van der Waals surface area (Å²) in [6.45, 7) is 13.6. The van der Waals surface area contributed by atoms with Crippen molar-refractivity contribution in [2.24, 2.45) is 0 Å². The van der Waals surface area contributed by atoms with Gasteiger partial charge in [0.2, 0.25) is 5.91 Å². The van der Waals surface area contributed by atoms with E-state index in [0.29, 0.717) is 19.6 Å². The molecule has 5 heteroatoms. The summed E-state index contributed by atoms with van der Waals surface area (Å²) in [6, 6.07) is -0.288. The highest BCUT2D eigenvalue weighted by atomic mass is 16.5. The number of ether oxygens (including phenoxy) is 1. The summed E-state index contributed by atoms with van der Waals surface area (Å²) in [7, 11) is 0. The standard InChI is InChI=1S/C14H30N2O3/c1-7-16(8-2)13(18)11(3)15-9-12(17)10-19-14(4,5)6/h11-12,15,17H,7-10H2,1-6H3. The highest BCUT2D eigenvalue weighted by Gasteiger charge is 2.19. The molecule has 0 spiro atoms. The van der Waals surface area contributed by atoms with Crippen LogP contribution in [0.3, 0.4) is 0 Å². The number of aliphatic hydroxyl groups is 1. The molecular formula is C14H30N2O3. The molecule has 0 rings (SSSR count). The van der Waals surface area contributed by atoms with Gasteiger partial charge in [-0.25, -0.2) is 0 Å². The van der Waals surface area contributed by atoms with Gasteiger partial charge in [0.15, 0.2) is 0 Å². The smallest absolute Gasteiger partial charge is 0.239 e. The van der Waals surface area contributed by atoms with Crippen molar-refractivity contribution in [1.29, 1.82) is 0 Å². The molecule has 0 radical (unpaired) electrons. The molecule has 0 aromatic carbocycles. The molecule has 2 N–H and O–H groups in total. The van der Waals surface area contributed by atoms with E-state index < -0.39 is 6.10 Å². The number of nitrogens with zero attached hydrogens (tertiary/aromatic N) is 1. The molecule has 0 bridgehead atoms. The molecule has 114 valence electrons. The van der Waals surface area contributed by atoms with Crippen molar-refractivity contribution in [2.45, 2.75) is 59.3 Å². The summed E-state index contributed by atoms with van der Waals surface area (Å²) in [6.07, 6.45) is -0.605. The van der Waals surface area contributed by atoms with Crippen molar-refractivity contribution in [3.63, 3.8) is 0 Å². The van der Waals surface area contributed by atoms with Crippen molar-refractivity contribution in [1.82, 2.24) is 10.2 Å². The van der Waals surface area contributed by atoms with Gasteiger partial charge >= 0.3 is 0 Å². The minimum atomic E-state index is -0.605. The average Bonchev–Trinajstić information content (AvgIpc) is 2.33. The molecule has 2 atom stereocenters. The fraction of sp³-hybridized carbons (Fsp3) is 0.929. The topological polar surface area (TPSA) is 61.8 Å². The first-order chi connectivity index (χ1) is 8.71. The van der Waals surface area contributed by atoms with Gasteiger partial charge in [0.25, 0.3) is 0 Å². The predicted octanol–water partition coefficient (Wildman–Crippen LogP) is 1.01. The first-order valence-corrected chi connectivity index (χ1v) is 7.05. The number of hydrogen-bond acceptors (Lipinski definition) is 4. The fourth-order valence-corrected chi connectivity index (χ4v) is 1.61. The van der Waals surface area contributed by atoms with Crippen LogP contribution in [0.5, 0.6) is 0 Å². The van der Waals surface area contributed by atoms with E-state index in [4.69, 9.17) is 4.74 Å². The minimum Gasteiger partial charge on any atom is -0.389 e. The van der Waals surface area contributed by atoms with Crippen LogP contribution in [-0.4, -0.2) is 59.9 Å². The number of aliphatic hydroxyl groups excluding tert-OH is 1. The van der Waals surface area contributed by atoms with Gasteiger partial charge in [0.1, 0.15) is 0 Å². The summed E-state index contributed by atoms with van der Waals surface area (Å²) >= 11 is 0. The Morgan fingerprint density at radius 2 is 1.84 bits per heavy atom. The number of likely N-dealkylation sites (N-methyl/N-ethyl adjacent to an activating group) is 1. The Labute approximate surface area is 117 Å². The lowest BCUT2D eigenvalue weighted by atomic mass is 10.2. The fourth-order valence-electron chi connectivity index (χ4n) is 1.61. The van der Waals surface area contributed by atoms with Crippen molar-refractivity contribution in [2.75, 3.05) is 26.2 Å². The monoisotopic (exact) mass is 274 g/mol. The second kappa shape index (κ2) is 8.51. The van der Waals surface area contributed by atoms with Crippen molar-refractivity contribution in [3.05, 3.63) is 0 Å². The zero-order valence-corrected chi connectivity index (χ0v) is 13.2. The summed E-state index contributed by atoms with van der Waals surface area (Å²) < 4.78 is 5.49. The van der Waals surface area contributed by atoms with E-state index in [1.165, 1.54) is 0 Å². The third-order valence-corrected chi connectivity index (χ3v) is 2.81. The van der Waals surface area contributed by atoms with Crippen molar-refractivity contribution in [3.8, 4) is 0 Å². The van der Waals surface area contributed by atoms with Crippen LogP contribution in [0.1, 0.15) is 41.5 Å². The first kappa shape index (κ1) is 18.4. The van der Waals surface area contributed by atoms with Crippen molar-refractivity contribution < 1.29 is 14.6 Å². The highest BCUT2D eigenvalue weighted by Crippen LogP contribution is 2.06. The number of rotatable bonds is 8. The molecule has 0 aromatic heterocycles. The van der Waals surface area contributed by atoms with E-state index in [0.717, 1.165) is 0 Å². The number of hydrogen-bond donors (Lipinski definition) is 2. The third kappa shape index (κ3) is 8.18. The van der Waals surface area contributed by atoms with Crippen LogP contribution >= 0.6 is 0 Å². The van der Waals surface area contributed by atoms with Crippen LogP contribution in [0.15, 0.2) is 0 Å². The van der Waals surface area contributed by atoms with E-state index in [1.54, 1.807) is 4.90 Å². The van der Waals surface area contributed by atoms with Crippen LogP contribution in [0.25, 0.3) is 0 Å². The van der Waals surface area contributed by atoms with Crippen LogP contribution in [0, 0.1) is 0 Å². The molecule has 0 aliphatic rings. The van der Waals surface area contributed by atoms with E-state index >= 15 is 0 Å². The summed E-state index contributed by atoms with van der Waals surface area (Å²) in [5.74, 6) is 0.0638. The zero-order valence-electron chi connectivity index (χ0n) is 13.2. The van der Waals surface area contributed by atoms with Gasteiger partial charge in [0.05, 0.1) is 24.4 Å². The third-order valence-electron chi connectivity index (χ3n) is 2.81. The lowest BCUT2D eigenvalue weighted by Crippen LogP contribution is -2.47. The molecule has 2 unspecified atom stereocenters. The van der Waals surface area contributed by atoms with E-state index in [9.17, 15) is 9.90 Å². The number of amides is 1. The Kier molecular flexibility index (Phi) is 8.22. The molecule has 19 heavy (non-hydrogen) atoms. The maximum Gasteiger partial charge on any atom is 0.239 e. The van der Waals surface area contributed by atoms with Crippen LogP contribution in [0.2, 0.25) is 0 Å². The van der Waals surface area contributed by atoms with Gasteiger partial charge in [0, 0.05) is 19.6 Å².